The van der Waals surface area contributed by atoms with Gasteiger partial charge >= 0.3 is 124 Å². The Kier molecular flexibility index (Phi) is 19.0. The molecule has 36 valence electrons. The Hall–Kier alpha value is 3.72. The van der Waals surface area contributed by atoms with Crippen LogP contribution < -0.4 is 0 Å². The van der Waals surface area contributed by atoms with Gasteiger partial charge in [0, 0.05) is 0 Å². The number of phosphoric acid groups is 1. The molecule has 4 nitrogen and oxygen atoms in total. The van der Waals surface area contributed by atoms with Gasteiger partial charge in [0.2, 0.25) is 0 Å². The van der Waals surface area contributed by atoms with Crippen LogP contribution in [0.2, 0.25) is 0 Å². The van der Waals surface area contributed by atoms with Gasteiger partial charge in [0.25, 0.3) is 0 Å². The van der Waals surface area contributed by atoms with Crippen molar-refractivity contribution < 1.29 is 19.2 Å². The van der Waals surface area contributed by atoms with E-state index in [-0.39, 0.29) is 116 Å². The fourth-order valence-electron chi connectivity index (χ4n) is 0. The molecule has 0 aromatic carbocycles. The number of hydrogen-bond donors (Lipinski definition) is 3. The van der Waals surface area contributed by atoms with Crippen LogP contribution in [0.25, 0.3) is 0 Å². The van der Waals surface area contributed by atoms with Crippen LogP contribution in [0.1, 0.15) is 0 Å². The van der Waals surface area contributed by atoms with Crippen LogP contribution in [0, 0.1) is 0 Å². The van der Waals surface area contributed by atoms with Crippen LogP contribution >= 0.6 is 7.82 Å². The molecule has 0 spiro atoms. The Bertz CT molecular complexity index is 55.8. The molecule has 3 N–H and O–H groups in total. The summed E-state index contributed by atoms with van der Waals surface area (Å²) < 4.78 is 8.88. The Labute approximate surface area is 139 Å². The topological polar surface area (TPSA) is 77.8 Å². The van der Waals surface area contributed by atoms with Gasteiger partial charge in [-0.1, -0.05) is 0 Å². The second kappa shape index (κ2) is 7.82. The predicted octanol–water partition coefficient (Wildman–Crippen LogP) is -2.23. The molecule has 0 amide bonds. The summed E-state index contributed by atoms with van der Waals surface area (Å²) in [6.07, 6.45) is 0. The van der Waals surface area contributed by atoms with Crippen molar-refractivity contribution in [3.05, 3.63) is 0 Å². The number of hydrogen-bond acceptors (Lipinski definition) is 1. The molecule has 7 heavy (non-hydrogen) atoms. The van der Waals surface area contributed by atoms with Crippen molar-refractivity contribution in [2.45, 2.75) is 0 Å². The van der Waals surface area contributed by atoms with Crippen molar-refractivity contribution in [2.75, 3.05) is 0 Å². The molecule has 7 heteroatoms. The van der Waals surface area contributed by atoms with Crippen LogP contribution in [-0.4, -0.2) is 131 Å². The molecule has 0 aromatic rings. The van der Waals surface area contributed by atoms with Crippen LogP contribution in [0.15, 0.2) is 0 Å². The van der Waals surface area contributed by atoms with E-state index >= 15 is 0 Å². The van der Waals surface area contributed by atoms with Gasteiger partial charge in [-0.25, -0.2) is 4.57 Å². The normalized spacial score (nSPS) is 8.43. The van der Waals surface area contributed by atoms with Crippen LogP contribution in [0.4, 0.5) is 0 Å². The quantitative estimate of drug-likeness (QED) is 0.436. The fraction of sp³-hybridized carbons (Fsp3) is 0. The van der Waals surface area contributed by atoms with Crippen molar-refractivity contribution in [3.8, 4) is 0 Å². The first-order chi connectivity index (χ1) is 2.00. The first-order valence-electron chi connectivity index (χ1n) is 0.783. The minimum absolute atomic E-state index is 0. The zero-order chi connectivity index (χ0) is 4.50. The Balaban J connectivity index is -0.0000000800. The average Bonchev–Trinajstić information content (AvgIpc) is 0.722. The van der Waals surface area contributed by atoms with E-state index in [1.165, 1.54) is 0 Å². The summed E-state index contributed by atoms with van der Waals surface area (Å²) in [6.45, 7) is 0. The molecule has 0 radical (unpaired) electrons. The van der Waals surface area contributed by atoms with E-state index in [1.54, 1.807) is 0 Å². The van der Waals surface area contributed by atoms with Gasteiger partial charge < -0.3 is 14.7 Å². The zero-order valence-electron chi connectivity index (χ0n) is 2.20. The van der Waals surface area contributed by atoms with Crippen LogP contribution in [0.3, 0.4) is 0 Å². The molecule has 0 aliphatic rings. The third-order valence-electron chi connectivity index (χ3n) is 0. The first kappa shape index (κ1) is 17.0. The SMILES string of the molecule is O=P(O)(O)O.[RbH].[RbH]. The van der Waals surface area contributed by atoms with Gasteiger partial charge in [-0.2, -0.15) is 0 Å². The van der Waals surface area contributed by atoms with Crippen molar-refractivity contribution >= 4 is 124 Å². The van der Waals surface area contributed by atoms with Gasteiger partial charge in [-0.15, -0.1) is 0 Å². The Morgan fingerprint density at radius 3 is 1.00 bits per heavy atom. The van der Waals surface area contributed by atoms with Gasteiger partial charge in [-0.05, 0) is 0 Å². The maximum atomic E-state index is 8.88. The van der Waals surface area contributed by atoms with Crippen molar-refractivity contribution in [2.24, 2.45) is 0 Å². The van der Waals surface area contributed by atoms with Gasteiger partial charge in [-0.3, -0.25) is 0 Å². The standard InChI is InChI=1S/H3O4P.2Rb.2H/c1-5(2,3)4;;;;/h(H3,1,2,3,4);;;;. The summed E-state index contributed by atoms with van der Waals surface area (Å²) in [5, 5.41) is 0. The van der Waals surface area contributed by atoms with Gasteiger partial charge in [0.15, 0.2) is 0 Å². The molecule has 0 fully saturated rings. The Morgan fingerprint density at radius 2 is 1.00 bits per heavy atom. The molecule has 0 saturated heterocycles. The van der Waals surface area contributed by atoms with Crippen LogP contribution in [0.5, 0.6) is 0 Å². The molecular weight excluding hydrogens is 266 g/mol. The molecule has 0 rings (SSSR count). The summed E-state index contributed by atoms with van der Waals surface area (Å²) in [5.74, 6) is 0. The van der Waals surface area contributed by atoms with E-state index in [4.69, 9.17) is 19.2 Å². The van der Waals surface area contributed by atoms with Crippen LogP contribution in [-0.2, 0) is 4.57 Å². The average molecular weight is 271 g/mol. The molecule has 0 aromatic heterocycles. The molecule has 0 bridgehead atoms. The summed E-state index contributed by atoms with van der Waals surface area (Å²) in [4.78, 5) is 21.6. The predicted molar refractivity (Wildman–Crippen MR) is 28.6 cm³/mol. The Morgan fingerprint density at radius 1 is 1.00 bits per heavy atom. The third kappa shape index (κ3) is 41.9. The van der Waals surface area contributed by atoms with Gasteiger partial charge in [0.1, 0.15) is 0 Å². The number of rotatable bonds is 0. The summed E-state index contributed by atoms with van der Waals surface area (Å²) in [7, 11) is -4.64. The summed E-state index contributed by atoms with van der Waals surface area (Å²) in [6, 6.07) is 0. The minimum atomic E-state index is -4.64. The van der Waals surface area contributed by atoms with E-state index in [2.05, 4.69) is 0 Å². The van der Waals surface area contributed by atoms with Crippen molar-refractivity contribution in [1.29, 1.82) is 0 Å². The molecule has 0 heterocycles. The molecule has 0 atom stereocenters. The fourth-order valence-corrected chi connectivity index (χ4v) is 0. The third-order valence-corrected chi connectivity index (χ3v) is 0. The summed E-state index contributed by atoms with van der Waals surface area (Å²) >= 11 is 0. The van der Waals surface area contributed by atoms with E-state index in [1.807, 2.05) is 0 Å². The molecule has 0 saturated carbocycles. The molecule has 0 aliphatic carbocycles. The van der Waals surface area contributed by atoms with Gasteiger partial charge in [0.05, 0.1) is 0 Å². The monoisotopic (exact) mass is 270 g/mol. The van der Waals surface area contributed by atoms with Crippen molar-refractivity contribution in [3.63, 3.8) is 0 Å². The molecular formula is H5O4PRb2. The second-order valence-electron chi connectivity index (χ2n) is 0.513. The van der Waals surface area contributed by atoms with Crippen molar-refractivity contribution in [1.82, 2.24) is 0 Å². The van der Waals surface area contributed by atoms with E-state index in [9.17, 15) is 0 Å². The van der Waals surface area contributed by atoms with E-state index in [0.717, 1.165) is 0 Å². The first-order valence-corrected chi connectivity index (χ1v) is 2.35. The summed E-state index contributed by atoms with van der Waals surface area (Å²) in [5.41, 5.74) is 0. The zero-order valence-corrected chi connectivity index (χ0v) is 3.09. The second-order valence-corrected chi connectivity index (χ2v) is 1.54. The molecule has 0 aliphatic heterocycles. The molecule has 0 unspecified atom stereocenters. The van der Waals surface area contributed by atoms with E-state index in [0.29, 0.717) is 0 Å². The maximum absolute atomic E-state index is 8.88. The van der Waals surface area contributed by atoms with E-state index < -0.39 is 7.82 Å².